The third kappa shape index (κ3) is 4.30. The van der Waals surface area contributed by atoms with E-state index < -0.39 is 0 Å². The van der Waals surface area contributed by atoms with E-state index in [1.54, 1.807) is 24.3 Å². The number of aryl methyl sites for hydroxylation is 1. The van der Waals surface area contributed by atoms with E-state index in [1.807, 2.05) is 25.1 Å². The Bertz CT molecular complexity index is 912. The number of carbonyl (C=O) groups is 1. The number of nitrogens with one attached hydrogen (secondary N) is 2. The first-order chi connectivity index (χ1) is 12.0. The summed E-state index contributed by atoms with van der Waals surface area (Å²) in [6, 6.07) is 12.7. The maximum atomic E-state index is 11.3. The molecule has 25 heavy (non-hydrogen) atoms. The minimum absolute atomic E-state index is 0.0208. The van der Waals surface area contributed by atoms with Crippen LogP contribution in [-0.2, 0) is 0 Å². The molecular weight excluding hydrogens is 338 g/mol. The van der Waals surface area contributed by atoms with Crippen molar-refractivity contribution in [2.24, 2.45) is 0 Å². The van der Waals surface area contributed by atoms with E-state index in [2.05, 4.69) is 25.8 Å². The Morgan fingerprint density at radius 3 is 2.44 bits per heavy atom. The van der Waals surface area contributed by atoms with Gasteiger partial charge < -0.3 is 10.6 Å². The smallest absolute Gasteiger partial charge is 0.249 e. The van der Waals surface area contributed by atoms with Crippen LogP contribution in [0.5, 0.6) is 0 Å². The topological polar surface area (TPSA) is 79.8 Å². The van der Waals surface area contributed by atoms with Gasteiger partial charge in [-0.05, 0) is 55.8 Å². The molecule has 6 nitrogen and oxygen atoms in total. The Hall–Kier alpha value is -2.99. The van der Waals surface area contributed by atoms with E-state index in [1.165, 1.54) is 13.1 Å². The second kappa shape index (κ2) is 7.27. The van der Waals surface area contributed by atoms with Crippen LogP contribution in [0.1, 0.15) is 22.8 Å². The maximum absolute atomic E-state index is 11.3. The summed E-state index contributed by atoms with van der Waals surface area (Å²) in [7, 11) is 0. The molecule has 3 rings (SSSR count). The summed E-state index contributed by atoms with van der Waals surface area (Å²) in [6.07, 6.45) is 1.53. The monoisotopic (exact) mass is 353 g/mol. The van der Waals surface area contributed by atoms with E-state index in [-0.39, 0.29) is 5.78 Å². The lowest BCUT2D eigenvalue weighted by molar-refractivity contribution is 0.101. The Morgan fingerprint density at radius 1 is 1.04 bits per heavy atom. The van der Waals surface area contributed by atoms with Gasteiger partial charge in [-0.1, -0.05) is 17.7 Å². The average Bonchev–Trinajstić information content (AvgIpc) is 2.59. The molecule has 0 fully saturated rings. The summed E-state index contributed by atoms with van der Waals surface area (Å²) in [5.74, 6) is 0.906. The van der Waals surface area contributed by atoms with E-state index in [9.17, 15) is 4.79 Å². The first-order valence-electron chi connectivity index (χ1n) is 7.62. The zero-order valence-electron chi connectivity index (χ0n) is 13.7. The second-order valence-corrected chi connectivity index (χ2v) is 5.92. The van der Waals surface area contributed by atoms with Crippen molar-refractivity contribution in [3.05, 3.63) is 64.8 Å². The van der Waals surface area contributed by atoms with Gasteiger partial charge in [-0.3, -0.25) is 4.79 Å². The summed E-state index contributed by atoms with van der Waals surface area (Å²) in [5, 5.41) is 14.8. The van der Waals surface area contributed by atoms with Crippen LogP contribution in [0.25, 0.3) is 0 Å². The van der Waals surface area contributed by atoms with Crippen LogP contribution in [-0.4, -0.2) is 21.0 Å². The number of Topliss-reactive ketones (excluding diaryl/α,β-unsaturated/α-hetero) is 1. The lowest BCUT2D eigenvalue weighted by Crippen LogP contribution is -2.02. The molecule has 3 aromatic rings. The highest BCUT2D eigenvalue weighted by molar-refractivity contribution is 6.31. The van der Waals surface area contributed by atoms with Gasteiger partial charge in [-0.2, -0.15) is 10.1 Å². The van der Waals surface area contributed by atoms with Crippen molar-refractivity contribution in [2.45, 2.75) is 13.8 Å². The second-order valence-electron chi connectivity index (χ2n) is 5.51. The highest BCUT2D eigenvalue weighted by Gasteiger charge is 2.04. The molecule has 0 radical (unpaired) electrons. The Labute approximate surface area is 150 Å². The predicted octanol–water partition coefficient (Wildman–Crippen LogP) is 4.52. The average molecular weight is 354 g/mol. The molecule has 0 saturated heterocycles. The minimum Gasteiger partial charge on any atom is -0.339 e. The van der Waals surface area contributed by atoms with E-state index in [0.29, 0.717) is 22.4 Å². The number of rotatable bonds is 5. The molecular formula is C18H16ClN5O. The van der Waals surface area contributed by atoms with Crippen molar-refractivity contribution in [1.82, 2.24) is 15.2 Å². The van der Waals surface area contributed by atoms with Gasteiger partial charge in [-0.15, -0.1) is 5.10 Å². The van der Waals surface area contributed by atoms with Gasteiger partial charge in [0.2, 0.25) is 5.95 Å². The van der Waals surface area contributed by atoms with Crippen molar-refractivity contribution in [3.8, 4) is 0 Å². The standard InChI is InChI=1S/C18H16ClN5O/c1-11-3-6-15(9-16(11)19)21-17-10-20-24-18(23-17)22-14-7-4-13(5-8-14)12(2)25/h3-10H,1-2H3,(H2,21,22,23,24). The number of hydrogen-bond donors (Lipinski definition) is 2. The number of ketones is 1. The maximum Gasteiger partial charge on any atom is 0.249 e. The van der Waals surface area contributed by atoms with Gasteiger partial charge in [0.1, 0.15) is 0 Å². The number of aromatic nitrogens is 3. The van der Waals surface area contributed by atoms with Gasteiger partial charge in [-0.25, -0.2) is 0 Å². The first kappa shape index (κ1) is 16.9. The third-order valence-electron chi connectivity index (χ3n) is 3.55. The number of nitrogens with zero attached hydrogens (tertiary/aromatic N) is 3. The van der Waals surface area contributed by atoms with Crippen LogP contribution in [0.15, 0.2) is 48.7 Å². The fourth-order valence-electron chi connectivity index (χ4n) is 2.15. The highest BCUT2D eigenvalue weighted by Crippen LogP contribution is 2.22. The molecule has 0 saturated carbocycles. The Kier molecular flexibility index (Phi) is 4.90. The van der Waals surface area contributed by atoms with Gasteiger partial charge in [0, 0.05) is 22.0 Å². The summed E-state index contributed by atoms with van der Waals surface area (Å²) in [4.78, 5) is 15.7. The highest BCUT2D eigenvalue weighted by atomic mass is 35.5. The number of hydrogen-bond acceptors (Lipinski definition) is 6. The molecule has 0 aliphatic heterocycles. The first-order valence-corrected chi connectivity index (χ1v) is 8.00. The van der Waals surface area contributed by atoms with Gasteiger partial charge in [0.05, 0.1) is 6.20 Å². The fraction of sp³-hybridized carbons (Fsp3) is 0.111. The molecule has 0 bridgehead atoms. The van der Waals surface area contributed by atoms with Crippen LogP contribution in [0.4, 0.5) is 23.1 Å². The molecule has 7 heteroatoms. The molecule has 0 spiro atoms. The normalized spacial score (nSPS) is 10.4. The van der Waals surface area contributed by atoms with Gasteiger partial charge in [0.15, 0.2) is 11.6 Å². The molecule has 2 aromatic carbocycles. The molecule has 1 aromatic heterocycles. The van der Waals surface area contributed by atoms with Crippen LogP contribution in [0, 0.1) is 6.92 Å². The summed E-state index contributed by atoms with van der Waals surface area (Å²) in [6.45, 7) is 3.47. The Balaban J connectivity index is 1.74. The summed E-state index contributed by atoms with van der Waals surface area (Å²) in [5.41, 5.74) is 3.23. The van der Waals surface area contributed by atoms with E-state index in [4.69, 9.17) is 11.6 Å². The van der Waals surface area contributed by atoms with Crippen molar-refractivity contribution in [2.75, 3.05) is 10.6 Å². The zero-order valence-corrected chi connectivity index (χ0v) is 14.5. The summed E-state index contributed by atoms with van der Waals surface area (Å²) >= 11 is 6.13. The van der Waals surface area contributed by atoms with Gasteiger partial charge in [0.25, 0.3) is 0 Å². The van der Waals surface area contributed by atoms with Crippen LogP contribution >= 0.6 is 11.6 Å². The van der Waals surface area contributed by atoms with Gasteiger partial charge >= 0.3 is 0 Å². The molecule has 0 aliphatic carbocycles. The summed E-state index contributed by atoms with van der Waals surface area (Å²) < 4.78 is 0. The molecule has 126 valence electrons. The molecule has 0 amide bonds. The predicted molar refractivity (Wildman–Crippen MR) is 99.0 cm³/mol. The van der Waals surface area contributed by atoms with Crippen molar-refractivity contribution in [3.63, 3.8) is 0 Å². The minimum atomic E-state index is 0.0208. The van der Waals surface area contributed by atoms with Crippen molar-refractivity contribution >= 4 is 40.5 Å². The Morgan fingerprint density at radius 2 is 1.76 bits per heavy atom. The molecule has 0 aliphatic rings. The number of anilines is 4. The lowest BCUT2D eigenvalue weighted by atomic mass is 10.1. The number of benzene rings is 2. The number of halogens is 1. The SMILES string of the molecule is CC(=O)c1ccc(Nc2nncc(Nc3ccc(C)c(Cl)c3)n2)cc1. The molecule has 1 heterocycles. The van der Waals surface area contributed by atoms with Crippen molar-refractivity contribution in [1.29, 1.82) is 0 Å². The van der Waals surface area contributed by atoms with Crippen LogP contribution in [0.3, 0.4) is 0 Å². The zero-order chi connectivity index (χ0) is 17.8. The molecule has 0 atom stereocenters. The fourth-order valence-corrected chi connectivity index (χ4v) is 2.33. The quantitative estimate of drug-likeness (QED) is 0.656. The van der Waals surface area contributed by atoms with E-state index >= 15 is 0 Å². The van der Waals surface area contributed by atoms with Crippen molar-refractivity contribution < 1.29 is 4.79 Å². The largest absolute Gasteiger partial charge is 0.339 e. The molecule has 2 N–H and O–H groups in total. The van der Waals surface area contributed by atoms with E-state index in [0.717, 1.165) is 16.9 Å². The van der Waals surface area contributed by atoms with Crippen LogP contribution in [0.2, 0.25) is 5.02 Å². The third-order valence-corrected chi connectivity index (χ3v) is 3.96. The lowest BCUT2D eigenvalue weighted by Gasteiger charge is -2.09. The van der Waals surface area contributed by atoms with Crippen LogP contribution < -0.4 is 10.6 Å². The molecule has 0 unspecified atom stereocenters. The number of carbonyl (C=O) groups excluding carboxylic acids is 1.